The highest BCUT2D eigenvalue weighted by Gasteiger charge is 2.14. The molecule has 0 amide bonds. The van der Waals surface area contributed by atoms with E-state index < -0.39 is 16.4 Å². The van der Waals surface area contributed by atoms with E-state index in [-0.39, 0.29) is 6.04 Å². The maximum atomic E-state index is 13.4. The van der Waals surface area contributed by atoms with Crippen molar-refractivity contribution in [3.05, 3.63) is 63.9 Å². The Kier molecular flexibility index (Phi) is 3.91. The first-order chi connectivity index (χ1) is 9.08. The highest BCUT2D eigenvalue weighted by molar-refractivity contribution is 5.35. The Balaban J connectivity index is 2.00. The summed E-state index contributed by atoms with van der Waals surface area (Å²) in [5.74, 6) is -0.0441. The highest BCUT2D eigenvalue weighted by atomic mass is 19.1. The van der Waals surface area contributed by atoms with Crippen LogP contribution < -0.4 is 5.32 Å². The van der Waals surface area contributed by atoms with Gasteiger partial charge in [0.1, 0.15) is 5.76 Å². The van der Waals surface area contributed by atoms with Crippen LogP contribution in [0.25, 0.3) is 0 Å². The lowest BCUT2D eigenvalue weighted by Crippen LogP contribution is -2.17. The van der Waals surface area contributed by atoms with Crippen molar-refractivity contribution >= 4 is 5.69 Å². The highest BCUT2D eigenvalue weighted by Crippen LogP contribution is 2.19. The van der Waals surface area contributed by atoms with Crippen LogP contribution in [-0.2, 0) is 6.54 Å². The number of nitro groups is 1. The molecule has 2 rings (SSSR count). The fourth-order valence-electron chi connectivity index (χ4n) is 1.72. The van der Waals surface area contributed by atoms with Crippen LogP contribution in [0.4, 0.5) is 10.1 Å². The lowest BCUT2D eigenvalue weighted by atomic mass is 10.1. The minimum absolute atomic E-state index is 0.0201. The molecule has 19 heavy (non-hydrogen) atoms. The zero-order valence-corrected chi connectivity index (χ0v) is 10.3. The number of benzene rings is 1. The summed E-state index contributed by atoms with van der Waals surface area (Å²) in [5, 5.41) is 13.6. The van der Waals surface area contributed by atoms with Crippen molar-refractivity contribution in [2.75, 3.05) is 0 Å². The van der Waals surface area contributed by atoms with Crippen LogP contribution in [0.1, 0.15) is 24.3 Å². The summed E-state index contributed by atoms with van der Waals surface area (Å²) in [5.41, 5.74) is 0.129. The van der Waals surface area contributed by atoms with Gasteiger partial charge in [0.2, 0.25) is 5.82 Å². The Morgan fingerprint density at radius 3 is 2.84 bits per heavy atom. The molecule has 1 atom stereocenters. The Bertz CT molecular complexity index is 569. The molecule has 6 heteroatoms. The average molecular weight is 264 g/mol. The number of nitro benzene ring substituents is 1. The van der Waals surface area contributed by atoms with E-state index in [1.807, 2.05) is 13.0 Å². The summed E-state index contributed by atoms with van der Waals surface area (Å²) < 4.78 is 18.6. The quantitative estimate of drug-likeness (QED) is 0.665. The van der Waals surface area contributed by atoms with Gasteiger partial charge in [0.25, 0.3) is 0 Å². The predicted molar refractivity (Wildman–Crippen MR) is 67.0 cm³/mol. The molecule has 1 N–H and O–H groups in total. The topological polar surface area (TPSA) is 68.3 Å². The van der Waals surface area contributed by atoms with Gasteiger partial charge in [0, 0.05) is 12.6 Å². The molecule has 0 saturated carbocycles. The fourth-order valence-corrected chi connectivity index (χ4v) is 1.72. The molecule has 100 valence electrons. The van der Waals surface area contributed by atoms with Crippen molar-refractivity contribution in [3.8, 4) is 0 Å². The van der Waals surface area contributed by atoms with Crippen LogP contribution in [0, 0.1) is 15.9 Å². The minimum atomic E-state index is -0.824. The second kappa shape index (κ2) is 5.62. The normalized spacial score (nSPS) is 12.3. The summed E-state index contributed by atoms with van der Waals surface area (Å²) in [6.07, 6.45) is 1.58. The van der Waals surface area contributed by atoms with E-state index in [0.717, 1.165) is 5.76 Å². The summed E-state index contributed by atoms with van der Waals surface area (Å²) in [7, 11) is 0. The molecule has 0 saturated heterocycles. The lowest BCUT2D eigenvalue weighted by Gasteiger charge is -2.11. The van der Waals surface area contributed by atoms with E-state index in [2.05, 4.69) is 5.32 Å². The molecular weight excluding hydrogens is 251 g/mol. The molecule has 1 aromatic heterocycles. The van der Waals surface area contributed by atoms with Gasteiger partial charge in [-0.3, -0.25) is 10.1 Å². The van der Waals surface area contributed by atoms with Gasteiger partial charge in [-0.15, -0.1) is 0 Å². The first kappa shape index (κ1) is 13.2. The Hall–Kier alpha value is -2.21. The van der Waals surface area contributed by atoms with Crippen LogP contribution in [0.15, 0.2) is 41.0 Å². The number of furan rings is 1. The van der Waals surface area contributed by atoms with E-state index in [0.29, 0.717) is 12.1 Å². The maximum Gasteiger partial charge on any atom is 0.304 e. The smallest absolute Gasteiger partial charge is 0.304 e. The number of nitrogens with one attached hydrogen (secondary N) is 1. The first-order valence-electron chi connectivity index (χ1n) is 5.77. The number of rotatable bonds is 5. The molecule has 0 fully saturated rings. The van der Waals surface area contributed by atoms with Gasteiger partial charge in [0.05, 0.1) is 17.2 Å². The van der Waals surface area contributed by atoms with Gasteiger partial charge in [0.15, 0.2) is 0 Å². The molecule has 0 aliphatic heterocycles. The maximum absolute atomic E-state index is 13.4. The molecule has 0 unspecified atom stereocenters. The second-order valence-electron chi connectivity index (χ2n) is 4.16. The standard InChI is InChI=1S/C13H13FN2O3/c1-9(13-3-2-6-19-13)15-8-10-4-5-12(16(17)18)11(14)7-10/h2-7,9,15H,8H2,1H3/t9-/m0/s1. The van der Waals surface area contributed by atoms with Crippen molar-refractivity contribution in [2.24, 2.45) is 0 Å². The summed E-state index contributed by atoms with van der Waals surface area (Å²) >= 11 is 0. The van der Waals surface area contributed by atoms with E-state index in [1.54, 1.807) is 12.3 Å². The van der Waals surface area contributed by atoms with Gasteiger partial charge < -0.3 is 9.73 Å². The largest absolute Gasteiger partial charge is 0.468 e. The van der Waals surface area contributed by atoms with Crippen LogP contribution >= 0.6 is 0 Å². The summed E-state index contributed by atoms with van der Waals surface area (Å²) in [6.45, 7) is 2.32. The molecular formula is C13H13FN2O3. The molecule has 1 aromatic carbocycles. The van der Waals surface area contributed by atoms with Crippen molar-refractivity contribution in [1.82, 2.24) is 5.32 Å². The molecule has 0 bridgehead atoms. The third-order valence-corrected chi connectivity index (χ3v) is 2.79. The van der Waals surface area contributed by atoms with Crippen molar-refractivity contribution in [2.45, 2.75) is 19.5 Å². The Morgan fingerprint density at radius 1 is 1.47 bits per heavy atom. The summed E-state index contributed by atoms with van der Waals surface area (Å²) in [6, 6.07) is 7.48. The molecule has 2 aromatic rings. The van der Waals surface area contributed by atoms with Gasteiger partial charge in [-0.2, -0.15) is 4.39 Å². The van der Waals surface area contributed by atoms with Gasteiger partial charge in [-0.1, -0.05) is 6.07 Å². The van der Waals surface area contributed by atoms with E-state index in [1.165, 1.54) is 18.2 Å². The zero-order valence-electron chi connectivity index (χ0n) is 10.3. The van der Waals surface area contributed by atoms with Crippen molar-refractivity contribution < 1.29 is 13.7 Å². The minimum Gasteiger partial charge on any atom is -0.468 e. The van der Waals surface area contributed by atoms with Gasteiger partial charge in [-0.25, -0.2) is 0 Å². The molecule has 0 aliphatic rings. The molecule has 1 heterocycles. The third kappa shape index (κ3) is 3.17. The SMILES string of the molecule is C[C@H](NCc1ccc([N+](=O)[O-])c(F)c1)c1ccco1. The van der Waals surface area contributed by atoms with Crippen molar-refractivity contribution in [1.29, 1.82) is 0 Å². The van der Waals surface area contributed by atoms with Crippen LogP contribution in [-0.4, -0.2) is 4.92 Å². The van der Waals surface area contributed by atoms with E-state index in [4.69, 9.17) is 4.42 Å². The number of halogens is 1. The van der Waals surface area contributed by atoms with Crippen LogP contribution in [0.2, 0.25) is 0 Å². The lowest BCUT2D eigenvalue weighted by molar-refractivity contribution is -0.387. The fraction of sp³-hybridized carbons (Fsp3) is 0.231. The molecule has 0 aliphatic carbocycles. The molecule has 0 spiro atoms. The summed E-state index contributed by atoms with van der Waals surface area (Å²) in [4.78, 5) is 9.75. The van der Waals surface area contributed by atoms with E-state index >= 15 is 0 Å². The Morgan fingerprint density at radius 2 is 2.26 bits per heavy atom. The predicted octanol–water partition coefficient (Wildman–Crippen LogP) is 3.18. The van der Waals surface area contributed by atoms with Crippen LogP contribution in [0.3, 0.4) is 0 Å². The molecule has 5 nitrogen and oxygen atoms in total. The van der Waals surface area contributed by atoms with E-state index in [9.17, 15) is 14.5 Å². The van der Waals surface area contributed by atoms with Gasteiger partial charge in [-0.05, 0) is 30.7 Å². The monoisotopic (exact) mass is 264 g/mol. The molecule has 0 radical (unpaired) electrons. The average Bonchev–Trinajstić information content (AvgIpc) is 2.89. The Labute approximate surface area is 109 Å². The second-order valence-corrected chi connectivity index (χ2v) is 4.16. The number of hydrogen-bond acceptors (Lipinski definition) is 4. The zero-order chi connectivity index (χ0) is 13.8. The number of nitrogens with zero attached hydrogens (tertiary/aromatic N) is 1. The van der Waals surface area contributed by atoms with Gasteiger partial charge >= 0.3 is 5.69 Å². The number of hydrogen-bond donors (Lipinski definition) is 1. The van der Waals surface area contributed by atoms with Crippen LogP contribution in [0.5, 0.6) is 0 Å². The third-order valence-electron chi connectivity index (χ3n) is 2.79. The van der Waals surface area contributed by atoms with Crippen molar-refractivity contribution in [3.63, 3.8) is 0 Å². The first-order valence-corrected chi connectivity index (χ1v) is 5.77.